The Labute approximate surface area is 117 Å². The van der Waals surface area contributed by atoms with Crippen LogP contribution in [0.4, 0.5) is 0 Å². The van der Waals surface area contributed by atoms with E-state index in [1.165, 1.54) is 0 Å². The zero-order valence-electron chi connectivity index (χ0n) is 7.88. The maximum Gasteiger partial charge on any atom is 1.00 e. The third-order valence-electron chi connectivity index (χ3n) is 0. The van der Waals surface area contributed by atoms with Gasteiger partial charge >= 0.3 is 29.6 Å². The van der Waals surface area contributed by atoms with Crippen LogP contribution < -0.4 is 29.6 Å². The van der Waals surface area contributed by atoms with Crippen LogP contribution in [0, 0.1) is 0 Å². The van der Waals surface area contributed by atoms with Gasteiger partial charge in [-0.05, 0) is 0 Å². The van der Waals surface area contributed by atoms with E-state index < -0.39 is 22.7 Å². The third kappa shape index (κ3) is 3860. The molecule has 0 aromatic heterocycles. The van der Waals surface area contributed by atoms with E-state index in [2.05, 4.69) is 0 Å². The smallest absolute Gasteiger partial charge is 0.750 e. The first kappa shape index (κ1) is 90.1. The molecule has 0 heterocycles. The zero-order chi connectivity index (χ0) is 7.15. The van der Waals surface area contributed by atoms with Crippen molar-refractivity contribution in [1.29, 1.82) is 0 Å². The summed E-state index contributed by atoms with van der Waals surface area (Å²) in [6.45, 7) is 0. The number of hydrogen-bond donors (Lipinski definition) is 3. The van der Waals surface area contributed by atoms with Gasteiger partial charge < -0.3 is 47.4 Å². The number of hydrogen-bond acceptors (Lipinski definition) is 3. The fourth-order valence-electron chi connectivity index (χ4n) is 0. The molecule has 0 aromatic rings. The van der Waals surface area contributed by atoms with Crippen LogP contribution in [0.25, 0.3) is 0 Å². The van der Waals surface area contributed by atoms with Crippen LogP contribution in [-0.2, 0) is 22.7 Å². The van der Waals surface area contributed by atoms with Gasteiger partial charge in [-0.15, -0.1) is 0 Å². The molecule has 0 spiro atoms. The van der Waals surface area contributed by atoms with E-state index in [0.29, 0.717) is 0 Å². The minimum absolute atomic E-state index is 0. The maximum atomic E-state index is 8.67. The predicted molar refractivity (Wildman–Crippen MR) is 50.2 cm³/mol. The molecular weight excluding hydrogens is 295 g/mol. The van der Waals surface area contributed by atoms with Crippen molar-refractivity contribution >= 4 is 22.7 Å². The topological polar surface area (TPSA) is 338 Å². The standard InChI is InChI=1S/Na.2H2O3S.7H2O/c;2*1-4(2)3;;;;;;;/h;2*(H2,1,2,3);7*1H2/q+1;;;;;;;;;/p-1. The van der Waals surface area contributed by atoms with Crippen LogP contribution in [0.2, 0.25) is 0 Å². The summed E-state index contributed by atoms with van der Waals surface area (Å²) in [7, 11) is 0. The summed E-state index contributed by atoms with van der Waals surface area (Å²) in [5.41, 5.74) is 0. The summed E-state index contributed by atoms with van der Waals surface area (Å²) in [6, 6.07) is 0. The van der Waals surface area contributed by atoms with Crippen molar-refractivity contribution in [1.82, 2.24) is 0 Å². The SMILES string of the molecule is O.O.O.O.O.O.O.O=S(O)O.O=S([O-])O.[Na+]. The summed E-state index contributed by atoms with van der Waals surface area (Å²) in [5, 5.41) is 0. The van der Waals surface area contributed by atoms with Gasteiger partial charge in [0.25, 0.3) is 11.4 Å². The molecule has 16 heteroatoms. The molecule has 1 unspecified atom stereocenters. The Morgan fingerprint density at radius 1 is 0.688 bits per heavy atom. The largest absolute Gasteiger partial charge is 1.00 e. The molecule has 16 heavy (non-hydrogen) atoms. The van der Waals surface area contributed by atoms with E-state index >= 15 is 0 Å². The first-order chi connectivity index (χ1) is 3.46. The molecule has 0 radical (unpaired) electrons. The molecule has 0 aliphatic carbocycles. The Morgan fingerprint density at radius 3 is 0.688 bits per heavy atom. The molecule has 0 fully saturated rings. The minimum Gasteiger partial charge on any atom is -0.750 e. The van der Waals surface area contributed by atoms with Crippen molar-refractivity contribution in [2.24, 2.45) is 0 Å². The Bertz CT molecular complexity index is 71.9. The predicted octanol–water partition coefficient (Wildman–Crippen LogP) is -9.75. The Hall–Kier alpha value is 0.860. The van der Waals surface area contributed by atoms with E-state index in [0.717, 1.165) is 0 Å². The van der Waals surface area contributed by atoms with Gasteiger partial charge in [-0.25, -0.2) is 4.21 Å². The Morgan fingerprint density at radius 2 is 0.688 bits per heavy atom. The fraction of sp³-hybridized carbons (Fsp3) is 0. The van der Waals surface area contributed by atoms with E-state index in [-0.39, 0.29) is 67.9 Å². The second-order valence-electron chi connectivity index (χ2n) is 0.448. The van der Waals surface area contributed by atoms with Crippen LogP contribution in [0.1, 0.15) is 0 Å². The first-order valence-corrected chi connectivity index (χ1v) is 3.14. The van der Waals surface area contributed by atoms with Crippen molar-refractivity contribution in [2.45, 2.75) is 0 Å². The third-order valence-corrected chi connectivity index (χ3v) is 0. The summed E-state index contributed by atoms with van der Waals surface area (Å²) in [5.74, 6) is 0. The van der Waals surface area contributed by atoms with E-state index in [9.17, 15) is 0 Å². The molecule has 108 valence electrons. The maximum absolute atomic E-state index is 8.67. The molecule has 0 amide bonds. The monoisotopic (exact) mass is 312 g/mol. The zero-order valence-corrected chi connectivity index (χ0v) is 11.5. The minimum atomic E-state index is -2.86. The van der Waals surface area contributed by atoms with Crippen LogP contribution in [0.5, 0.6) is 0 Å². The first-order valence-electron chi connectivity index (χ1n) is 1.05. The second kappa shape index (κ2) is 74.4. The van der Waals surface area contributed by atoms with Gasteiger partial charge in [0.2, 0.25) is 0 Å². The molecule has 0 saturated heterocycles. The van der Waals surface area contributed by atoms with E-state index in [1.807, 2.05) is 0 Å². The molecule has 0 rings (SSSR count). The van der Waals surface area contributed by atoms with Crippen LogP contribution in [-0.4, -0.2) is 65.0 Å². The molecule has 0 saturated carbocycles. The van der Waals surface area contributed by atoms with Gasteiger partial charge in [-0.1, -0.05) is 0 Å². The average Bonchev–Trinajstić information content (AvgIpc) is 1.25. The quantitative estimate of drug-likeness (QED) is 0.287. The van der Waals surface area contributed by atoms with Crippen LogP contribution >= 0.6 is 0 Å². The average molecular weight is 312 g/mol. The van der Waals surface area contributed by atoms with Crippen molar-refractivity contribution in [2.75, 3.05) is 0 Å². The van der Waals surface area contributed by atoms with Crippen LogP contribution in [0.3, 0.4) is 0 Å². The van der Waals surface area contributed by atoms with Gasteiger partial charge in [0.05, 0.1) is 11.4 Å². The molecule has 0 aliphatic heterocycles. The summed E-state index contributed by atoms with van der Waals surface area (Å²) < 4.78 is 46.9. The van der Waals surface area contributed by atoms with Gasteiger partial charge in [-0.2, -0.15) is 4.21 Å². The van der Waals surface area contributed by atoms with E-state index in [1.54, 1.807) is 0 Å². The molecule has 17 N–H and O–H groups in total. The van der Waals surface area contributed by atoms with Crippen molar-refractivity contribution in [3.8, 4) is 0 Å². The molecule has 13 nitrogen and oxygen atoms in total. The normalized spacial score (nSPS) is 6.06. The van der Waals surface area contributed by atoms with Gasteiger partial charge in [0.1, 0.15) is 0 Å². The van der Waals surface area contributed by atoms with Crippen molar-refractivity contribution < 1.29 is 94.5 Å². The molecule has 1 atom stereocenters. The molecule has 0 aromatic carbocycles. The summed E-state index contributed by atoms with van der Waals surface area (Å²) >= 11 is -5.47. The molecular formula is H17NaO13S2. The summed E-state index contributed by atoms with van der Waals surface area (Å²) in [4.78, 5) is 0. The van der Waals surface area contributed by atoms with Crippen molar-refractivity contribution in [3.05, 3.63) is 0 Å². The van der Waals surface area contributed by atoms with Gasteiger partial charge in [0, 0.05) is 0 Å². The molecule has 0 bridgehead atoms. The van der Waals surface area contributed by atoms with E-state index in [4.69, 9.17) is 26.6 Å². The number of rotatable bonds is 0. The molecule has 0 aliphatic rings. The second-order valence-corrected chi connectivity index (χ2v) is 1.34. The fourth-order valence-corrected chi connectivity index (χ4v) is 0. The van der Waals surface area contributed by atoms with Gasteiger partial charge in [-0.3, -0.25) is 9.11 Å². The summed E-state index contributed by atoms with van der Waals surface area (Å²) in [6.07, 6.45) is 0. The Balaban J connectivity index is -0.00000000375. The van der Waals surface area contributed by atoms with Crippen molar-refractivity contribution in [3.63, 3.8) is 0 Å². The Kier molecular flexibility index (Phi) is 419. The van der Waals surface area contributed by atoms with Gasteiger partial charge in [0.15, 0.2) is 0 Å². The van der Waals surface area contributed by atoms with Crippen LogP contribution in [0.15, 0.2) is 0 Å².